The van der Waals surface area contributed by atoms with Gasteiger partial charge in [-0.1, -0.05) is 31.2 Å². The van der Waals surface area contributed by atoms with Crippen molar-refractivity contribution in [1.29, 1.82) is 0 Å². The van der Waals surface area contributed by atoms with E-state index < -0.39 is 23.3 Å². The average Bonchev–Trinajstić information content (AvgIpc) is 2.44. The molecule has 0 radical (unpaired) electrons. The molecule has 0 saturated carbocycles. The maximum Gasteiger partial charge on any atom is 0.323 e. The molecule has 0 spiro atoms. The molecule has 0 aliphatic heterocycles. The number of carbonyl (C=O) groups is 2. The molecule has 0 fully saturated rings. The molecule has 5 nitrogen and oxygen atoms in total. The predicted molar refractivity (Wildman–Crippen MR) is 70.5 cm³/mol. The quantitative estimate of drug-likeness (QED) is 0.622. The molecule has 0 saturated heterocycles. The summed E-state index contributed by atoms with van der Waals surface area (Å²) in [5.41, 5.74) is 5.61. The van der Waals surface area contributed by atoms with E-state index >= 15 is 0 Å². The smallest absolute Gasteiger partial charge is 0.323 e. The summed E-state index contributed by atoms with van der Waals surface area (Å²) >= 11 is 0. The third kappa shape index (κ3) is 2.76. The Morgan fingerprint density at radius 1 is 1.37 bits per heavy atom. The molecule has 0 heterocycles. The summed E-state index contributed by atoms with van der Waals surface area (Å²) in [4.78, 5) is 23.2. The van der Waals surface area contributed by atoms with Gasteiger partial charge in [-0.3, -0.25) is 9.59 Å². The van der Waals surface area contributed by atoms with Gasteiger partial charge in [-0.25, -0.2) is 0 Å². The lowest BCUT2D eigenvalue weighted by Gasteiger charge is -2.29. The maximum atomic E-state index is 11.8. The monoisotopic (exact) mass is 265 g/mol. The molecule has 3 N–H and O–H groups in total. The topological polar surface area (TPSA) is 89.6 Å². The Labute approximate surface area is 112 Å². The van der Waals surface area contributed by atoms with Crippen molar-refractivity contribution in [2.75, 3.05) is 7.11 Å². The molecule has 1 aromatic rings. The summed E-state index contributed by atoms with van der Waals surface area (Å²) < 4.78 is 4.62. The zero-order valence-electron chi connectivity index (χ0n) is 11.3. The Morgan fingerprint density at radius 2 is 1.89 bits per heavy atom. The summed E-state index contributed by atoms with van der Waals surface area (Å²) in [6.07, 6.45) is 0. The molecule has 0 amide bonds. The molecule has 19 heavy (non-hydrogen) atoms. The van der Waals surface area contributed by atoms with E-state index in [0.717, 1.165) is 11.1 Å². The second-order valence-electron chi connectivity index (χ2n) is 4.67. The number of rotatable bonds is 5. The van der Waals surface area contributed by atoms with Crippen LogP contribution in [0.15, 0.2) is 24.3 Å². The molecular weight excluding hydrogens is 246 g/mol. The van der Waals surface area contributed by atoms with Gasteiger partial charge in [-0.2, -0.15) is 0 Å². The van der Waals surface area contributed by atoms with Gasteiger partial charge in [0.2, 0.25) is 0 Å². The van der Waals surface area contributed by atoms with Crippen LogP contribution in [-0.2, 0) is 20.9 Å². The van der Waals surface area contributed by atoms with Crippen LogP contribution in [0, 0.1) is 5.41 Å². The predicted octanol–water partition coefficient (Wildman–Crippen LogP) is 1.51. The number of hydrogen-bond donors (Lipinski definition) is 2. The normalized spacial score (nSPS) is 15.4. The summed E-state index contributed by atoms with van der Waals surface area (Å²) in [6.45, 7) is 3.49. The number of carboxylic acids is 1. The van der Waals surface area contributed by atoms with Crippen LogP contribution in [0.4, 0.5) is 0 Å². The van der Waals surface area contributed by atoms with Crippen molar-refractivity contribution in [2.45, 2.75) is 26.3 Å². The zero-order chi connectivity index (χ0) is 14.6. The number of carbonyl (C=O) groups excluding carboxylic acids is 1. The zero-order valence-corrected chi connectivity index (χ0v) is 11.3. The number of benzene rings is 1. The van der Waals surface area contributed by atoms with E-state index in [1.165, 1.54) is 14.0 Å². The third-order valence-corrected chi connectivity index (χ3v) is 3.64. The number of methoxy groups -OCH3 is 1. The van der Waals surface area contributed by atoms with Gasteiger partial charge in [0.15, 0.2) is 5.41 Å². The van der Waals surface area contributed by atoms with Crippen molar-refractivity contribution < 1.29 is 19.4 Å². The Bertz CT molecular complexity index is 469. The summed E-state index contributed by atoms with van der Waals surface area (Å²) in [5.74, 6) is -2.46. The molecule has 2 atom stereocenters. The largest absolute Gasteiger partial charge is 0.480 e. The fourth-order valence-corrected chi connectivity index (χ4v) is 1.94. The standard InChI is InChI=1S/C14H19NO4/c1-9(11-6-4-10(8-15)5-7-11)14(2,12(16)17)13(18)19-3/h4-7,9H,8,15H2,1-3H3,(H,16,17). The number of aliphatic carboxylic acids is 1. The second kappa shape index (κ2) is 5.84. The Balaban J connectivity index is 3.15. The Morgan fingerprint density at radius 3 is 2.26 bits per heavy atom. The van der Waals surface area contributed by atoms with Gasteiger partial charge < -0.3 is 15.6 Å². The molecule has 2 unspecified atom stereocenters. The van der Waals surface area contributed by atoms with Crippen molar-refractivity contribution in [2.24, 2.45) is 11.1 Å². The van der Waals surface area contributed by atoms with Gasteiger partial charge in [0.1, 0.15) is 0 Å². The molecule has 0 aromatic heterocycles. The molecule has 1 rings (SSSR count). The second-order valence-corrected chi connectivity index (χ2v) is 4.67. The van der Waals surface area contributed by atoms with E-state index in [0.29, 0.717) is 6.54 Å². The number of carboxylic acid groups (broad SMARTS) is 1. The highest BCUT2D eigenvalue weighted by Crippen LogP contribution is 2.37. The summed E-state index contributed by atoms with van der Waals surface area (Å²) in [5, 5.41) is 9.35. The minimum Gasteiger partial charge on any atom is -0.480 e. The summed E-state index contributed by atoms with van der Waals surface area (Å²) in [7, 11) is 1.19. The number of nitrogens with two attached hydrogens (primary N) is 1. The van der Waals surface area contributed by atoms with Crippen LogP contribution in [0.25, 0.3) is 0 Å². The third-order valence-electron chi connectivity index (χ3n) is 3.64. The van der Waals surface area contributed by atoms with E-state index in [2.05, 4.69) is 4.74 Å². The van der Waals surface area contributed by atoms with Crippen LogP contribution >= 0.6 is 0 Å². The first kappa shape index (κ1) is 15.2. The van der Waals surface area contributed by atoms with E-state index in [4.69, 9.17) is 5.73 Å². The van der Waals surface area contributed by atoms with Crippen molar-refractivity contribution >= 4 is 11.9 Å². The van der Waals surface area contributed by atoms with E-state index in [-0.39, 0.29) is 0 Å². The lowest BCUT2D eigenvalue weighted by Crippen LogP contribution is -2.41. The highest BCUT2D eigenvalue weighted by Gasteiger charge is 2.48. The van der Waals surface area contributed by atoms with Crippen molar-refractivity contribution in [1.82, 2.24) is 0 Å². The minimum atomic E-state index is -1.61. The van der Waals surface area contributed by atoms with Crippen molar-refractivity contribution in [3.63, 3.8) is 0 Å². The Hall–Kier alpha value is -1.88. The van der Waals surface area contributed by atoms with Gasteiger partial charge in [0, 0.05) is 12.5 Å². The van der Waals surface area contributed by atoms with E-state index in [1.807, 2.05) is 12.1 Å². The fraction of sp³-hybridized carbons (Fsp3) is 0.429. The molecule has 5 heteroatoms. The van der Waals surface area contributed by atoms with Gasteiger partial charge >= 0.3 is 11.9 Å². The van der Waals surface area contributed by atoms with Crippen LogP contribution in [0.1, 0.15) is 30.9 Å². The highest BCUT2D eigenvalue weighted by atomic mass is 16.5. The van der Waals surface area contributed by atoms with Crippen LogP contribution in [-0.4, -0.2) is 24.2 Å². The van der Waals surface area contributed by atoms with Gasteiger partial charge in [0.25, 0.3) is 0 Å². The van der Waals surface area contributed by atoms with Gasteiger partial charge in [0.05, 0.1) is 7.11 Å². The fourth-order valence-electron chi connectivity index (χ4n) is 1.94. The average molecular weight is 265 g/mol. The first-order valence-corrected chi connectivity index (χ1v) is 5.98. The summed E-state index contributed by atoms with van der Waals surface area (Å²) in [6, 6.07) is 7.23. The molecule has 104 valence electrons. The SMILES string of the molecule is COC(=O)C(C)(C(=O)O)C(C)c1ccc(CN)cc1. The van der Waals surface area contributed by atoms with E-state index in [9.17, 15) is 14.7 Å². The maximum absolute atomic E-state index is 11.8. The molecule has 0 aliphatic carbocycles. The molecular formula is C14H19NO4. The highest BCUT2D eigenvalue weighted by molar-refractivity contribution is 5.99. The van der Waals surface area contributed by atoms with Gasteiger partial charge in [-0.05, 0) is 18.1 Å². The van der Waals surface area contributed by atoms with Crippen molar-refractivity contribution in [3.8, 4) is 0 Å². The van der Waals surface area contributed by atoms with Crippen LogP contribution in [0.3, 0.4) is 0 Å². The lowest BCUT2D eigenvalue weighted by molar-refractivity contribution is -0.167. The lowest BCUT2D eigenvalue weighted by atomic mass is 9.74. The molecule has 0 aliphatic rings. The van der Waals surface area contributed by atoms with E-state index in [1.54, 1.807) is 19.1 Å². The van der Waals surface area contributed by atoms with Gasteiger partial charge in [-0.15, -0.1) is 0 Å². The first-order valence-electron chi connectivity index (χ1n) is 5.98. The number of esters is 1. The first-order chi connectivity index (χ1) is 8.87. The van der Waals surface area contributed by atoms with Crippen LogP contribution < -0.4 is 5.73 Å². The van der Waals surface area contributed by atoms with Crippen LogP contribution in [0.2, 0.25) is 0 Å². The number of ether oxygens (including phenoxy) is 1. The number of hydrogen-bond acceptors (Lipinski definition) is 4. The molecule has 0 bridgehead atoms. The minimum absolute atomic E-state index is 0.419. The van der Waals surface area contributed by atoms with Crippen LogP contribution in [0.5, 0.6) is 0 Å². The molecule has 1 aromatic carbocycles. The Kier molecular flexibility index (Phi) is 4.67. The van der Waals surface area contributed by atoms with Crippen molar-refractivity contribution in [3.05, 3.63) is 35.4 Å².